The number of carbonyl (C=O) groups excluding carboxylic acids is 2. The van der Waals surface area contributed by atoms with Gasteiger partial charge < -0.3 is 10.1 Å². The molecular formula is C23H21ClN2O3S. The van der Waals surface area contributed by atoms with Crippen molar-refractivity contribution in [3.63, 3.8) is 0 Å². The SMILES string of the molecule is CCCCOC(=O)c1ccc(NC(=S)NC(=O)c2cccc3c(Cl)cccc23)cc1. The van der Waals surface area contributed by atoms with Gasteiger partial charge in [0.05, 0.1) is 12.2 Å². The fraction of sp³-hybridized carbons (Fsp3) is 0.174. The Kier molecular flexibility index (Phi) is 7.38. The third-order valence-electron chi connectivity index (χ3n) is 4.45. The van der Waals surface area contributed by atoms with Crippen LogP contribution in [-0.2, 0) is 4.74 Å². The fourth-order valence-electron chi connectivity index (χ4n) is 2.88. The molecule has 30 heavy (non-hydrogen) atoms. The first-order valence-electron chi connectivity index (χ1n) is 9.56. The van der Waals surface area contributed by atoms with Crippen LogP contribution in [0, 0.1) is 0 Å². The lowest BCUT2D eigenvalue weighted by molar-refractivity contribution is 0.0499. The predicted molar refractivity (Wildman–Crippen MR) is 124 cm³/mol. The highest BCUT2D eigenvalue weighted by molar-refractivity contribution is 7.80. The zero-order valence-electron chi connectivity index (χ0n) is 16.4. The molecule has 2 N–H and O–H groups in total. The number of hydrogen-bond acceptors (Lipinski definition) is 4. The van der Waals surface area contributed by atoms with Crippen LogP contribution in [0.15, 0.2) is 60.7 Å². The van der Waals surface area contributed by atoms with Crippen LogP contribution in [0.1, 0.15) is 40.5 Å². The van der Waals surface area contributed by atoms with E-state index in [-0.39, 0.29) is 17.0 Å². The standard InChI is InChI=1S/C23H21ClN2O3S/c1-2-3-14-29-22(28)15-10-12-16(13-11-15)25-23(30)26-21(27)19-8-4-7-18-17(19)6-5-9-20(18)24/h4-13H,2-3,14H2,1H3,(H2,25,26,27,30). The lowest BCUT2D eigenvalue weighted by Gasteiger charge is -2.12. The van der Waals surface area contributed by atoms with E-state index in [1.165, 1.54) is 0 Å². The first kappa shape index (κ1) is 21.7. The van der Waals surface area contributed by atoms with Crippen molar-refractivity contribution in [2.45, 2.75) is 19.8 Å². The monoisotopic (exact) mass is 440 g/mol. The minimum atomic E-state index is -0.361. The van der Waals surface area contributed by atoms with E-state index in [0.717, 1.165) is 23.6 Å². The molecule has 0 bridgehead atoms. The molecule has 0 aromatic heterocycles. The summed E-state index contributed by atoms with van der Waals surface area (Å²) in [6, 6.07) is 17.5. The maximum Gasteiger partial charge on any atom is 0.338 e. The quantitative estimate of drug-likeness (QED) is 0.297. The summed E-state index contributed by atoms with van der Waals surface area (Å²) in [5.41, 5.74) is 1.58. The Hall–Kier alpha value is -2.96. The number of ether oxygens (including phenoxy) is 1. The van der Waals surface area contributed by atoms with Crippen molar-refractivity contribution in [1.82, 2.24) is 5.32 Å². The molecule has 3 aromatic rings. The number of rotatable bonds is 6. The van der Waals surface area contributed by atoms with E-state index < -0.39 is 0 Å². The van der Waals surface area contributed by atoms with Crippen molar-refractivity contribution in [1.29, 1.82) is 0 Å². The molecule has 0 aliphatic carbocycles. The highest BCUT2D eigenvalue weighted by atomic mass is 35.5. The average Bonchev–Trinajstić information content (AvgIpc) is 2.74. The Morgan fingerprint density at radius 1 is 1.00 bits per heavy atom. The van der Waals surface area contributed by atoms with E-state index in [9.17, 15) is 9.59 Å². The Bertz CT molecular complexity index is 1080. The van der Waals surface area contributed by atoms with Crippen LogP contribution in [0.5, 0.6) is 0 Å². The molecule has 154 valence electrons. The van der Waals surface area contributed by atoms with Gasteiger partial charge in [-0.2, -0.15) is 0 Å². The third-order valence-corrected chi connectivity index (χ3v) is 4.98. The van der Waals surface area contributed by atoms with E-state index >= 15 is 0 Å². The molecule has 0 heterocycles. The van der Waals surface area contributed by atoms with Gasteiger partial charge in [-0.15, -0.1) is 0 Å². The summed E-state index contributed by atoms with van der Waals surface area (Å²) >= 11 is 11.5. The average molecular weight is 441 g/mol. The van der Waals surface area contributed by atoms with Gasteiger partial charge in [0, 0.05) is 21.7 Å². The van der Waals surface area contributed by atoms with E-state index in [1.807, 2.05) is 19.1 Å². The summed E-state index contributed by atoms with van der Waals surface area (Å²) in [7, 11) is 0. The maximum absolute atomic E-state index is 12.7. The number of esters is 1. The second-order valence-corrected chi connectivity index (χ2v) is 7.43. The number of anilines is 1. The molecule has 7 heteroatoms. The number of fused-ring (bicyclic) bond motifs is 1. The van der Waals surface area contributed by atoms with Crippen LogP contribution in [0.25, 0.3) is 10.8 Å². The molecule has 0 aliphatic rings. The number of hydrogen-bond donors (Lipinski definition) is 2. The van der Waals surface area contributed by atoms with Gasteiger partial charge in [0.15, 0.2) is 5.11 Å². The number of halogens is 1. The predicted octanol–water partition coefficient (Wildman–Crippen LogP) is 5.58. The molecule has 0 saturated carbocycles. The van der Waals surface area contributed by atoms with Crippen molar-refractivity contribution in [2.24, 2.45) is 0 Å². The van der Waals surface area contributed by atoms with Crippen LogP contribution in [-0.4, -0.2) is 23.6 Å². The first-order valence-corrected chi connectivity index (χ1v) is 10.3. The lowest BCUT2D eigenvalue weighted by Crippen LogP contribution is -2.34. The van der Waals surface area contributed by atoms with E-state index in [1.54, 1.807) is 48.5 Å². The molecule has 0 atom stereocenters. The molecule has 0 aliphatic heterocycles. The minimum absolute atomic E-state index is 0.150. The van der Waals surface area contributed by atoms with Crippen LogP contribution in [0.3, 0.4) is 0 Å². The van der Waals surface area contributed by atoms with Crippen molar-refractivity contribution in [3.05, 3.63) is 76.8 Å². The fourth-order valence-corrected chi connectivity index (χ4v) is 3.33. The van der Waals surface area contributed by atoms with Crippen LogP contribution in [0.2, 0.25) is 5.02 Å². The highest BCUT2D eigenvalue weighted by Crippen LogP contribution is 2.25. The molecule has 0 saturated heterocycles. The van der Waals surface area contributed by atoms with Crippen molar-refractivity contribution in [3.8, 4) is 0 Å². The molecule has 3 rings (SSSR count). The summed E-state index contributed by atoms with van der Waals surface area (Å²) in [6.45, 7) is 2.44. The van der Waals surface area contributed by atoms with Crippen LogP contribution >= 0.6 is 23.8 Å². The van der Waals surface area contributed by atoms with Gasteiger partial charge in [0.2, 0.25) is 0 Å². The van der Waals surface area contributed by atoms with E-state index in [4.69, 9.17) is 28.6 Å². The van der Waals surface area contributed by atoms with Crippen molar-refractivity contribution >= 4 is 57.3 Å². The zero-order chi connectivity index (χ0) is 21.5. The van der Waals surface area contributed by atoms with E-state index in [2.05, 4.69) is 10.6 Å². The van der Waals surface area contributed by atoms with Gasteiger partial charge in [-0.3, -0.25) is 10.1 Å². The topological polar surface area (TPSA) is 67.4 Å². The van der Waals surface area contributed by atoms with Gasteiger partial charge >= 0.3 is 5.97 Å². The summed E-state index contributed by atoms with van der Waals surface area (Å²) in [5.74, 6) is -0.697. The smallest absolute Gasteiger partial charge is 0.338 e. The van der Waals surface area contributed by atoms with Gasteiger partial charge in [-0.1, -0.05) is 49.2 Å². The molecule has 0 radical (unpaired) electrons. The number of thiocarbonyl (C=S) groups is 1. The second kappa shape index (κ2) is 10.2. The molecule has 5 nitrogen and oxygen atoms in total. The minimum Gasteiger partial charge on any atom is -0.462 e. The number of nitrogens with one attached hydrogen (secondary N) is 2. The largest absolute Gasteiger partial charge is 0.462 e. The number of carbonyl (C=O) groups is 2. The molecule has 0 unspecified atom stereocenters. The second-order valence-electron chi connectivity index (χ2n) is 6.62. The Morgan fingerprint density at radius 3 is 2.43 bits per heavy atom. The first-order chi connectivity index (χ1) is 14.5. The van der Waals surface area contributed by atoms with Crippen molar-refractivity contribution < 1.29 is 14.3 Å². The number of unbranched alkanes of at least 4 members (excludes halogenated alkanes) is 1. The normalized spacial score (nSPS) is 10.5. The third kappa shape index (κ3) is 5.34. The van der Waals surface area contributed by atoms with Gasteiger partial charge in [0.1, 0.15) is 0 Å². The van der Waals surface area contributed by atoms with Gasteiger partial charge in [-0.25, -0.2) is 4.79 Å². The molecule has 1 amide bonds. The Balaban J connectivity index is 1.63. The summed E-state index contributed by atoms with van der Waals surface area (Å²) in [4.78, 5) is 24.6. The lowest BCUT2D eigenvalue weighted by atomic mass is 10.0. The van der Waals surface area contributed by atoms with Crippen LogP contribution in [0.4, 0.5) is 5.69 Å². The number of amides is 1. The zero-order valence-corrected chi connectivity index (χ0v) is 18.0. The maximum atomic E-state index is 12.7. The van der Waals surface area contributed by atoms with Gasteiger partial charge in [0.25, 0.3) is 5.91 Å². The summed E-state index contributed by atoms with van der Waals surface area (Å²) < 4.78 is 5.18. The summed E-state index contributed by atoms with van der Waals surface area (Å²) in [6.07, 6.45) is 1.80. The molecule has 3 aromatic carbocycles. The Morgan fingerprint density at radius 2 is 1.70 bits per heavy atom. The molecular weight excluding hydrogens is 420 g/mol. The highest BCUT2D eigenvalue weighted by Gasteiger charge is 2.13. The molecule has 0 spiro atoms. The Labute approximate surface area is 185 Å². The number of benzene rings is 3. The van der Waals surface area contributed by atoms with Gasteiger partial charge in [-0.05, 0) is 60.4 Å². The van der Waals surface area contributed by atoms with Crippen molar-refractivity contribution in [2.75, 3.05) is 11.9 Å². The summed E-state index contributed by atoms with van der Waals surface area (Å²) in [5, 5.41) is 7.89. The van der Waals surface area contributed by atoms with Crippen LogP contribution < -0.4 is 10.6 Å². The van der Waals surface area contributed by atoms with E-state index in [0.29, 0.717) is 28.4 Å². The molecule has 0 fully saturated rings.